The van der Waals surface area contributed by atoms with E-state index in [0.29, 0.717) is 4.90 Å². The summed E-state index contributed by atoms with van der Waals surface area (Å²) in [6.45, 7) is 2.85. The third-order valence-electron chi connectivity index (χ3n) is 0.865. The summed E-state index contributed by atoms with van der Waals surface area (Å²) in [5, 5.41) is 8.25. The molecule has 11 heavy (non-hydrogen) atoms. The molecule has 0 spiro atoms. The predicted molar refractivity (Wildman–Crippen MR) is 35.2 cm³/mol. The van der Waals surface area contributed by atoms with Crippen LogP contribution in [0.1, 0.15) is 13.8 Å². The number of ether oxygens (including phenoxy) is 1. The van der Waals surface area contributed by atoms with Gasteiger partial charge >= 0.3 is 6.09 Å². The highest BCUT2D eigenvalue weighted by atomic mass is 16.6. The van der Waals surface area contributed by atoms with Crippen molar-refractivity contribution in [1.82, 2.24) is 4.90 Å². The number of imide groups is 1. The molecule has 0 aliphatic heterocycles. The molecular weight excluding hydrogens is 148 g/mol. The second-order valence-corrected chi connectivity index (χ2v) is 1.65. The van der Waals surface area contributed by atoms with Crippen LogP contribution in [0.15, 0.2) is 0 Å². The monoisotopic (exact) mass is 156 g/mol. The Morgan fingerprint density at radius 1 is 1.64 bits per heavy atom. The second kappa shape index (κ2) is 4.28. The van der Waals surface area contributed by atoms with Crippen LogP contribution >= 0.6 is 0 Å². The highest BCUT2D eigenvalue weighted by Gasteiger charge is 2.17. The summed E-state index contributed by atoms with van der Waals surface area (Å²) in [6, 6.07) is 0. The summed E-state index contributed by atoms with van der Waals surface area (Å²) in [4.78, 5) is 21.5. The van der Waals surface area contributed by atoms with Crippen molar-refractivity contribution < 1.29 is 14.3 Å². The third kappa shape index (κ3) is 2.67. The lowest BCUT2D eigenvalue weighted by Gasteiger charge is -2.07. The van der Waals surface area contributed by atoms with Gasteiger partial charge in [0.15, 0.2) is 6.19 Å². The molecule has 60 valence electrons. The van der Waals surface area contributed by atoms with Crippen LogP contribution in [-0.2, 0) is 9.53 Å². The Labute approximate surface area is 64.2 Å². The van der Waals surface area contributed by atoms with Gasteiger partial charge in [0.25, 0.3) is 0 Å². The Hall–Kier alpha value is -1.57. The standard InChI is InChI=1S/C6H8N2O3/c1-3-11-6(10)8(4-7)5(2)9/h3H2,1-2H3. The second-order valence-electron chi connectivity index (χ2n) is 1.65. The molecule has 0 aliphatic rings. The first-order chi connectivity index (χ1) is 5.13. The van der Waals surface area contributed by atoms with Gasteiger partial charge in [0, 0.05) is 6.92 Å². The number of carbonyl (C=O) groups excluding carboxylic acids is 2. The SMILES string of the molecule is CCOC(=O)N(C#N)C(C)=O. The largest absolute Gasteiger partial charge is 0.449 e. The Kier molecular flexibility index (Phi) is 3.67. The molecule has 0 aromatic heterocycles. The van der Waals surface area contributed by atoms with Gasteiger partial charge in [-0.25, -0.2) is 4.79 Å². The van der Waals surface area contributed by atoms with Gasteiger partial charge in [-0.1, -0.05) is 0 Å². The highest BCUT2D eigenvalue weighted by Crippen LogP contribution is 1.91. The van der Waals surface area contributed by atoms with Crippen molar-refractivity contribution >= 4 is 12.0 Å². The molecule has 0 heterocycles. The fraction of sp³-hybridized carbons (Fsp3) is 0.500. The van der Waals surface area contributed by atoms with E-state index in [9.17, 15) is 9.59 Å². The topological polar surface area (TPSA) is 70.4 Å². The number of rotatable bonds is 1. The first kappa shape index (κ1) is 9.43. The number of amides is 2. The smallest absolute Gasteiger partial charge is 0.430 e. The maximum atomic E-state index is 10.7. The lowest BCUT2D eigenvalue weighted by molar-refractivity contribution is -0.124. The van der Waals surface area contributed by atoms with Gasteiger partial charge in [-0.3, -0.25) is 4.79 Å². The first-order valence-corrected chi connectivity index (χ1v) is 3.00. The molecule has 5 heteroatoms. The molecular formula is C6H8N2O3. The molecule has 0 saturated heterocycles. The average molecular weight is 156 g/mol. The number of hydrogen-bond donors (Lipinski definition) is 0. The van der Waals surface area contributed by atoms with Crippen molar-refractivity contribution in [1.29, 1.82) is 5.26 Å². The minimum atomic E-state index is -0.928. The molecule has 0 N–H and O–H groups in total. The van der Waals surface area contributed by atoms with Gasteiger partial charge in [-0.2, -0.15) is 5.26 Å². The van der Waals surface area contributed by atoms with Crippen molar-refractivity contribution in [2.24, 2.45) is 0 Å². The Morgan fingerprint density at radius 2 is 2.18 bits per heavy atom. The van der Waals surface area contributed by atoms with E-state index in [2.05, 4.69) is 4.74 Å². The predicted octanol–water partition coefficient (Wildman–Crippen LogP) is 0.472. The number of carbonyl (C=O) groups is 2. The van der Waals surface area contributed by atoms with Crippen LogP contribution in [0.25, 0.3) is 0 Å². The molecule has 0 aromatic rings. The lowest BCUT2D eigenvalue weighted by Crippen LogP contribution is -2.31. The van der Waals surface area contributed by atoms with Gasteiger partial charge in [-0.05, 0) is 6.92 Å². The maximum absolute atomic E-state index is 10.7. The van der Waals surface area contributed by atoms with Gasteiger partial charge in [-0.15, -0.1) is 4.90 Å². The molecule has 0 aromatic carbocycles. The van der Waals surface area contributed by atoms with Crippen molar-refractivity contribution in [3.8, 4) is 6.19 Å². The average Bonchev–Trinajstić information content (AvgIpc) is 1.88. The number of nitrogens with zero attached hydrogens (tertiary/aromatic N) is 2. The van der Waals surface area contributed by atoms with E-state index in [0.717, 1.165) is 6.92 Å². The summed E-state index contributed by atoms with van der Waals surface area (Å²) in [5.41, 5.74) is 0. The zero-order valence-electron chi connectivity index (χ0n) is 6.33. The summed E-state index contributed by atoms with van der Waals surface area (Å²) in [6.07, 6.45) is 0.467. The molecule has 0 saturated carbocycles. The quantitative estimate of drug-likeness (QED) is 0.408. The Morgan fingerprint density at radius 3 is 2.45 bits per heavy atom. The van der Waals surface area contributed by atoms with Gasteiger partial charge in [0.1, 0.15) is 0 Å². The third-order valence-corrected chi connectivity index (χ3v) is 0.865. The highest BCUT2D eigenvalue weighted by molar-refractivity contribution is 5.92. The van der Waals surface area contributed by atoms with Crippen LogP contribution in [-0.4, -0.2) is 23.5 Å². The zero-order valence-corrected chi connectivity index (χ0v) is 6.33. The first-order valence-electron chi connectivity index (χ1n) is 3.00. The van der Waals surface area contributed by atoms with E-state index in [4.69, 9.17) is 5.26 Å². The lowest BCUT2D eigenvalue weighted by atomic mass is 10.6. The van der Waals surface area contributed by atoms with Crippen LogP contribution in [0.4, 0.5) is 4.79 Å². The summed E-state index contributed by atoms with van der Waals surface area (Å²) in [7, 11) is 0. The van der Waals surface area contributed by atoms with E-state index in [1.165, 1.54) is 6.19 Å². The zero-order chi connectivity index (χ0) is 8.85. The molecule has 0 fully saturated rings. The molecule has 2 amide bonds. The van der Waals surface area contributed by atoms with Crippen molar-refractivity contribution in [2.75, 3.05) is 6.61 Å². The maximum Gasteiger partial charge on any atom is 0.430 e. The van der Waals surface area contributed by atoms with E-state index < -0.39 is 12.0 Å². The molecule has 0 aliphatic carbocycles. The molecule has 5 nitrogen and oxygen atoms in total. The van der Waals surface area contributed by atoms with Crippen molar-refractivity contribution in [2.45, 2.75) is 13.8 Å². The van der Waals surface area contributed by atoms with Gasteiger partial charge < -0.3 is 4.74 Å². The van der Waals surface area contributed by atoms with Crippen LogP contribution in [0.5, 0.6) is 0 Å². The molecule has 0 bridgehead atoms. The van der Waals surface area contributed by atoms with Crippen LogP contribution in [0.2, 0.25) is 0 Å². The number of nitriles is 1. The fourth-order valence-corrected chi connectivity index (χ4v) is 0.428. The minimum absolute atomic E-state index is 0.143. The summed E-state index contributed by atoms with van der Waals surface area (Å²) < 4.78 is 4.40. The van der Waals surface area contributed by atoms with Gasteiger partial charge in [0.2, 0.25) is 5.91 Å². The Bertz CT molecular complexity index is 206. The van der Waals surface area contributed by atoms with E-state index in [1.54, 1.807) is 6.92 Å². The van der Waals surface area contributed by atoms with Crippen LogP contribution < -0.4 is 0 Å². The summed E-state index contributed by atoms with van der Waals surface area (Å²) >= 11 is 0. The van der Waals surface area contributed by atoms with Crippen LogP contribution in [0.3, 0.4) is 0 Å². The number of hydrogen-bond acceptors (Lipinski definition) is 4. The van der Waals surface area contributed by atoms with E-state index in [1.807, 2.05) is 0 Å². The van der Waals surface area contributed by atoms with Gasteiger partial charge in [0.05, 0.1) is 6.61 Å². The molecule has 0 atom stereocenters. The van der Waals surface area contributed by atoms with Crippen molar-refractivity contribution in [3.05, 3.63) is 0 Å². The normalized spacial score (nSPS) is 8.09. The Balaban J connectivity index is 4.18. The fourth-order valence-electron chi connectivity index (χ4n) is 0.428. The summed E-state index contributed by atoms with van der Waals surface area (Å²) in [5.74, 6) is -0.647. The van der Waals surface area contributed by atoms with Crippen molar-refractivity contribution in [3.63, 3.8) is 0 Å². The molecule has 0 unspecified atom stereocenters. The van der Waals surface area contributed by atoms with E-state index in [-0.39, 0.29) is 6.61 Å². The van der Waals surface area contributed by atoms with E-state index >= 15 is 0 Å². The molecule has 0 radical (unpaired) electrons. The van der Waals surface area contributed by atoms with Crippen LogP contribution in [0, 0.1) is 11.5 Å². The minimum Gasteiger partial charge on any atom is -0.449 e. The molecule has 0 rings (SSSR count).